The number of hydrogen-bond donors (Lipinski definition) is 0. The normalized spacial score (nSPS) is 14.4. The quantitative estimate of drug-likeness (QED) is 0.677. The number of aryl methyl sites for hydroxylation is 1. The first-order valence-electron chi connectivity index (χ1n) is 9.16. The standard InChI is InChI=1S/C19H20F3N5O/c1-3-8-28-15-5-4-14-11-26(7-6-13(14)10-15)16-9-12(2)23-18-24-17(19(20,21)22)25-27(16)18/h4-5,9-10H,3,6-8,11H2,1-2H3. The molecule has 28 heavy (non-hydrogen) atoms. The van der Waals surface area contributed by atoms with E-state index in [4.69, 9.17) is 4.74 Å². The summed E-state index contributed by atoms with van der Waals surface area (Å²) in [5.74, 6) is 0.183. The second-order valence-corrected chi connectivity index (χ2v) is 6.85. The third kappa shape index (κ3) is 3.48. The van der Waals surface area contributed by atoms with E-state index in [0.717, 1.165) is 24.2 Å². The summed E-state index contributed by atoms with van der Waals surface area (Å²) >= 11 is 0. The highest BCUT2D eigenvalue weighted by Crippen LogP contribution is 2.30. The number of halogens is 3. The van der Waals surface area contributed by atoms with Gasteiger partial charge in [-0.15, -0.1) is 5.10 Å². The van der Waals surface area contributed by atoms with E-state index in [2.05, 4.69) is 22.0 Å². The fraction of sp³-hybridized carbons (Fsp3) is 0.421. The third-order valence-corrected chi connectivity index (χ3v) is 4.66. The van der Waals surface area contributed by atoms with Crippen molar-refractivity contribution in [2.45, 2.75) is 39.4 Å². The first-order chi connectivity index (χ1) is 13.3. The molecule has 0 aliphatic carbocycles. The topological polar surface area (TPSA) is 55.5 Å². The number of anilines is 1. The number of benzene rings is 1. The molecule has 0 amide bonds. The van der Waals surface area contributed by atoms with Crippen LogP contribution in [-0.2, 0) is 19.1 Å². The van der Waals surface area contributed by atoms with Crippen molar-refractivity contribution in [3.05, 3.63) is 46.9 Å². The molecule has 0 atom stereocenters. The van der Waals surface area contributed by atoms with Crippen LogP contribution in [0.25, 0.3) is 5.78 Å². The van der Waals surface area contributed by atoms with Crippen LogP contribution in [0.3, 0.4) is 0 Å². The Labute approximate surface area is 160 Å². The Bertz CT molecular complexity index is 1010. The molecule has 3 aromatic rings. The van der Waals surface area contributed by atoms with Crippen LogP contribution in [0.4, 0.5) is 19.0 Å². The van der Waals surface area contributed by atoms with E-state index < -0.39 is 12.0 Å². The second-order valence-electron chi connectivity index (χ2n) is 6.85. The van der Waals surface area contributed by atoms with Gasteiger partial charge >= 0.3 is 6.18 Å². The molecule has 0 radical (unpaired) electrons. The van der Waals surface area contributed by atoms with Crippen LogP contribution in [0.2, 0.25) is 0 Å². The summed E-state index contributed by atoms with van der Waals surface area (Å²) in [6.07, 6.45) is -2.90. The average molecular weight is 391 g/mol. The van der Waals surface area contributed by atoms with Gasteiger partial charge in [-0.05, 0) is 43.0 Å². The minimum Gasteiger partial charge on any atom is -0.494 e. The molecule has 0 saturated carbocycles. The Morgan fingerprint density at radius 3 is 2.71 bits per heavy atom. The van der Waals surface area contributed by atoms with E-state index in [1.165, 1.54) is 10.1 Å². The first kappa shape index (κ1) is 18.5. The highest BCUT2D eigenvalue weighted by molar-refractivity contribution is 5.51. The Morgan fingerprint density at radius 1 is 1.14 bits per heavy atom. The van der Waals surface area contributed by atoms with Crippen LogP contribution in [0, 0.1) is 6.92 Å². The summed E-state index contributed by atoms with van der Waals surface area (Å²) < 4.78 is 46.0. The smallest absolute Gasteiger partial charge is 0.453 e. The molecule has 6 nitrogen and oxygen atoms in total. The zero-order chi connectivity index (χ0) is 19.9. The van der Waals surface area contributed by atoms with Crippen LogP contribution < -0.4 is 9.64 Å². The molecule has 1 aliphatic heterocycles. The molecule has 0 saturated heterocycles. The molecule has 0 unspecified atom stereocenters. The lowest BCUT2D eigenvalue weighted by molar-refractivity contribution is -0.144. The third-order valence-electron chi connectivity index (χ3n) is 4.66. The minimum absolute atomic E-state index is 0.0450. The fourth-order valence-corrected chi connectivity index (χ4v) is 3.35. The maximum atomic E-state index is 13.0. The lowest BCUT2D eigenvalue weighted by atomic mass is 9.99. The van der Waals surface area contributed by atoms with E-state index >= 15 is 0 Å². The van der Waals surface area contributed by atoms with Gasteiger partial charge in [0.25, 0.3) is 11.6 Å². The van der Waals surface area contributed by atoms with Gasteiger partial charge in [-0.2, -0.15) is 22.7 Å². The molecular formula is C19H20F3N5O. The van der Waals surface area contributed by atoms with Gasteiger partial charge in [0, 0.05) is 24.8 Å². The van der Waals surface area contributed by atoms with Gasteiger partial charge in [0.05, 0.1) is 6.61 Å². The van der Waals surface area contributed by atoms with Crippen molar-refractivity contribution < 1.29 is 17.9 Å². The fourth-order valence-electron chi connectivity index (χ4n) is 3.35. The number of rotatable bonds is 4. The predicted molar refractivity (Wildman–Crippen MR) is 97.5 cm³/mol. The molecule has 9 heteroatoms. The van der Waals surface area contributed by atoms with Gasteiger partial charge in [0.15, 0.2) is 0 Å². The lowest BCUT2D eigenvalue weighted by Crippen LogP contribution is -2.32. The maximum absolute atomic E-state index is 13.0. The first-order valence-corrected chi connectivity index (χ1v) is 9.16. The van der Waals surface area contributed by atoms with Crippen molar-refractivity contribution in [3.8, 4) is 5.75 Å². The molecule has 1 aromatic carbocycles. The number of nitrogens with zero attached hydrogens (tertiary/aromatic N) is 5. The van der Waals surface area contributed by atoms with Crippen LogP contribution >= 0.6 is 0 Å². The van der Waals surface area contributed by atoms with Gasteiger partial charge in [0.1, 0.15) is 11.6 Å². The van der Waals surface area contributed by atoms with Crippen LogP contribution in [0.5, 0.6) is 5.75 Å². The Morgan fingerprint density at radius 2 is 1.96 bits per heavy atom. The summed E-state index contributed by atoms with van der Waals surface area (Å²) in [5, 5.41) is 3.66. The maximum Gasteiger partial charge on any atom is 0.453 e. The van der Waals surface area contributed by atoms with Crippen molar-refractivity contribution in [2.75, 3.05) is 18.1 Å². The largest absolute Gasteiger partial charge is 0.494 e. The molecule has 0 fully saturated rings. The number of aromatic nitrogens is 4. The molecule has 4 rings (SSSR count). The van der Waals surface area contributed by atoms with Crippen molar-refractivity contribution in [2.24, 2.45) is 0 Å². The number of fused-ring (bicyclic) bond motifs is 2. The van der Waals surface area contributed by atoms with E-state index in [-0.39, 0.29) is 5.78 Å². The summed E-state index contributed by atoms with van der Waals surface area (Å²) in [5.41, 5.74) is 2.91. The van der Waals surface area contributed by atoms with Crippen molar-refractivity contribution in [1.29, 1.82) is 0 Å². The van der Waals surface area contributed by atoms with E-state index in [1.807, 2.05) is 23.1 Å². The predicted octanol–water partition coefficient (Wildman–Crippen LogP) is 3.80. The summed E-state index contributed by atoms with van der Waals surface area (Å²) in [6, 6.07) is 7.74. The van der Waals surface area contributed by atoms with Gasteiger partial charge < -0.3 is 9.64 Å². The highest BCUT2D eigenvalue weighted by atomic mass is 19.4. The molecule has 0 N–H and O–H groups in total. The molecule has 148 valence electrons. The monoisotopic (exact) mass is 391 g/mol. The molecular weight excluding hydrogens is 371 g/mol. The van der Waals surface area contributed by atoms with Gasteiger partial charge in [-0.3, -0.25) is 0 Å². The second kappa shape index (κ2) is 6.96. The Kier molecular flexibility index (Phi) is 4.60. The number of alkyl halides is 3. The van der Waals surface area contributed by atoms with Gasteiger partial charge in [0.2, 0.25) is 0 Å². The number of hydrogen-bond acceptors (Lipinski definition) is 5. The van der Waals surface area contributed by atoms with Crippen LogP contribution in [-0.4, -0.2) is 32.7 Å². The summed E-state index contributed by atoms with van der Waals surface area (Å²) in [4.78, 5) is 9.66. The van der Waals surface area contributed by atoms with Crippen molar-refractivity contribution >= 4 is 11.6 Å². The number of ether oxygens (including phenoxy) is 1. The molecule has 0 bridgehead atoms. The summed E-state index contributed by atoms with van der Waals surface area (Å²) in [7, 11) is 0. The SMILES string of the molecule is CCCOc1ccc2c(c1)CCN(c1cc(C)nc3nc(C(F)(F)F)nn13)C2. The zero-order valence-electron chi connectivity index (χ0n) is 15.6. The van der Waals surface area contributed by atoms with Crippen molar-refractivity contribution in [1.82, 2.24) is 19.6 Å². The molecule has 1 aliphatic rings. The molecule has 3 heterocycles. The van der Waals surface area contributed by atoms with E-state index in [9.17, 15) is 13.2 Å². The Balaban J connectivity index is 1.67. The summed E-state index contributed by atoms with van der Waals surface area (Å²) in [6.45, 7) is 5.70. The minimum atomic E-state index is -4.61. The van der Waals surface area contributed by atoms with E-state index in [0.29, 0.717) is 31.2 Å². The Hall–Kier alpha value is -2.84. The average Bonchev–Trinajstić information content (AvgIpc) is 3.09. The van der Waals surface area contributed by atoms with Crippen LogP contribution in [0.15, 0.2) is 24.3 Å². The zero-order valence-corrected chi connectivity index (χ0v) is 15.6. The van der Waals surface area contributed by atoms with Crippen molar-refractivity contribution in [3.63, 3.8) is 0 Å². The molecule has 2 aromatic heterocycles. The molecule has 0 spiro atoms. The van der Waals surface area contributed by atoms with Gasteiger partial charge in [-0.25, -0.2) is 4.98 Å². The lowest BCUT2D eigenvalue weighted by Gasteiger charge is -2.31. The van der Waals surface area contributed by atoms with E-state index in [1.54, 1.807) is 13.0 Å². The van der Waals surface area contributed by atoms with Crippen LogP contribution in [0.1, 0.15) is 36.0 Å². The highest BCUT2D eigenvalue weighted by Gasteiger charge is 2.37. The van der Waals surface area contributed by atoms with Gasteiger partial charge in [-0.1, -0.05) is 13.0 Å².